The maximum atomic E-state index is 5.24. The lowest BCUT2D eigenvalue weighted by molar-refractivity contribution is 1.03. The first-order chi connectivity index (χ1) is 22.3. The summed E-state index contributed by atoms with van der Waals surface area (Å²) in [6.45, 7) is -0.252. The van der Waals surface area contributed by atoms with Crippen LogP contribution in [0.2, 0.25) is 0 Å². The molecule has 0 aliphatic carbocycles. The fourth-order valence-electron chi connectivity index (χ4n) is 6.76. The highest BCUT2D eigenvalue weighted by molar-refractivity contribution is 6.86. The molecule has 3 heterocycles. The molecule has 0 bridgehead atoms. The standard InChI is InChI=1S/C39H26BN5/c1-4-15-27(16-5-1)37-41-38(28-17-6-2-7-18-28)43-39(42-37)45-35-26-13-11-22-31(35)33-24-14-23-32-30-21-10-12-25-34(30)44(40(45)36(32)33)29-19-8-3-9-20-29/h1-26H. The van der Waals surface area contributed by atoms with Crippen LogP contribution in [0.3, 0.4) is 0 Å². The summed E-state index contributed by atoms with van der Waals surface area (Å²) >= 11 is 0. The summed E-state index contributed by atoms with van der Waals surface area (Å²) in [6, 6.07) is 54.9. The van der Waals surface area contributed by atoms with Crippen molar-refractivity contribution >= 4 is 35.5 Å². The van der Waals surface area contributed by atoms with Crippen molar-refractivity contribution in [1.29, 1.82) is 0 Å². The first-order valence-electron chi connectivity index (χ1n) is 15.2. The van der Waals surface area contributed by atoms with Crippen LogP contribution >= 0.6 is 0 Å². The molecule has 0 amide bonds. The third kappa shape index (κ3) is 4.07. The Bertz CT molecular complexity index is 2120. The van der Waals surface area contributed by atoms with E-state index in [2.05, 4.69) is 131 Å². The van der Waals surface area contributed by atoms with E-state index in [4.69, 9.17) is 15.0 Å². The second kappa shape index (κ2) is 10.3. The Morgan fingerprint density at radius 3 is 1.38 bits per heavy atom. The number of aromatic nitrogens is 3. The van der Waals surface area contributed by atoms with Crippen molar-refractivity contribution < 1.29 is 0 Å². The largest absolute Gasteiger partial charge is 0.424 e. The quantitative estimate of drug-likeness (QED) is 0.197. The molecule has 5 nitrogen and oxygen atoms in total. The summed E-state index contributed by atoms with van der Waals surface area (Å²) in [5.74, 6) is 1.87. The zero-order chi connectivity index (χ0) is 29.7. The van der Waals surface area contributed by atoms with Gasteiger partial charge in [0.25, 0.3) is 0 Å². The predicted octanol–water partition coefficient (Wildman–Crippen LogP) is 8.54. The van der Waals surface area contributed by atoms with Gasteiger partial charge in [-0.05, 0) is 40.9 Å². The summed E-state index contributed by atoms with van der Waals surface area (Å²) in [4.78, 5) is 20.2. The van der Waals surface area contributed by atoms with E-state index in [0.29, 0.717) is 17.6 Å². The van der Waals surface area contributed by atoms with Gasteiger partial charge in [-0.1, -0.05) is 133 Å². The molecule has 0 saturated carbocycles. The van der Waals surface area contributed by atoms with Gasteiger partial charge in [-0.15, -0.1) is 0 Å². The molecule has 7 aromatic rings. The molecule has 0 fully saturated rings. The highest BCUT2D eigenvalue weighted by Crippen LogP contribution is 2.48. The Hall–Kier alpha value is -6.01. The van der Waals surface area contributed by atoms with Crippen LogP contribution in [0.25, 0.3) is 45.0 Å². The Morgan fingerprint density at radius 1 is 0.378 bits per heavy atom. The predicted molar refractivity (Wildman–Crippen MR) is 184 cm³/mol. The highest BCUT2D eigenvalue weighted by Gasteiger charge is 2.47. The van der Waals surface area contributed by atoms with Gasteiger partial charge in [-0.3, -0.25) is 0 Å². The van der Waals surface area contributed by atoms with Crippen LogP contribution in [0.4, 0.5) is 23.0 Å². The van der Waals surface area contributed by atoms with Gasteiger partial charge < -0.3 is 9.62 Å². The van der Waals surface area contributed by atoms with E-state index in [1.54, 1.807) is 0 Å². The summed E-state index contributed by atoms with van der Waals surface area (Å²) in [5, 5.41) is 0. The van der Waals surface area contributed by atoms with Gasteiger partial charge >= 0.3 is 6.98 Å². The molecule has 9 rings (SSSR count). The summed E-state index contributed by atoms with van der Waals surface area (Å²) in [6.07, 6.45) is 0. The molecular formula is C39H26BN5. The van der Waals surface area contributed by atoms with Crippen LogP contribution < -0.4 is 15.1 Å². The van der Waals surface area contributed by atoms with E-state index in [1.165, 1.54) is 22.2 Å². The third-order valence-electron chi connectivity index (χ3n) is 8.70. The smallest absolute Gasteiger partial charge is 0.361 e. The maximum absolute atomic E-state index is 5.24. The van der Waals surface area contributed by atoms with Gasteiger partial charge in [0.2, 0.25) is 5.95 Å². The number of rotatable bonds is 4. The van der Waals surface area contributed by atoms with Gasteiger partial charge in [0.05, 0.1) is 0 Å². The van der Waals surface area contributed by atoms with Crippen molar-refractivity contribution in [1.82, 2.24) is 15.0 Å². The van der Waals surface area contributed by atoms with Crippen LogP contribution in [0.15, 0.2) is 158 Å². The number of fused-ring (bicyclic) bond motifs is 4. The molecule has 1 aromatic heterocycles. The van der Waals surface area contributed by atoms with Crippen molar-refractivity contribution in [3.8, 4) is 45.0 Å². The zero-order valence-electron chi connectivity index (χ0n) is 24.3. The second-order valence-electron chi connectivity index (χ2n) is 11.3. The summed E-state index contributed by atoms with van der Waals surface area (Å²) in [7, 11) is 0. The molecule has 2 aliphatic rings. The monoisotopic (exact) mass is 575 g/mol. The van der Waals surface area contributed by atoms with Crippen molar-refractivity contribution in [2.75, 3.05) is 9.62 Å². The van der Waals surface area contributed by atoms with Crippen molar-refractivity contribution in [3.05, 3.63) is 158 Å². The molecule has 45 heavy (non-hydrogen) atoms. The van der Waals surface area contributed by atoms with Crippen LogP contribution in [0.5, 0.6) is 0 Å². The van der Waals surface area contributed by atoms with E-state index in [0.717, 1.165) is 33.8 Å². The molecular weight excluding hydrogens is 549 g/mol. The minimum absolute atomic E-state index is 0.252. The van der Waals surface area contributed by atoms with Crippen molar-refractivity contribution in [2.24, 2.45) is 0 Å². The average molecular weight is 575 g/mol. The number of hydrogen-bond acceptors (Lipinski definition) is 5. The average Bonchev–Trinajstić information content (AvgIpc) is 3.13. The fraction of sp³-hybridized carbons (Fsp3) is 0. The third-order valence-corrected chi connectivity index (χ3v) is 8.70. The SMILES string of the molecule is c1ccc(-c2nc(-c3ccccc3)nc(N3B4c5c(cccc5-c5ccccc53)-c3ccccc3N4c3ccccc3)n2)cc1. The summed E-state index contributed by atoms with van der Waals surface area (Å²) in [5.41, 5.74) is 11.2. The number of benzene rings is 6. The minimum atomic E-state index is -0.252. The normalized spacial score (nSPS) is 12.8. The Kier molecular flexibility index (Phi) is 5.84. The fourth-order valence-corrected chi connectivity index (χ4v) is 6.76. The Labute approximate surface area is 262 Å². The lowest BCUT2D eigenvalue weighted by Gasteiger charge is -2.46. The van der Waals surface area contributed by atoms with E-state index in [9.17, 15) is 0 Å². The van der Waals surface area contributed by atoms with E-state index in [1.807, 2.05) is 36.4 Å². The number of anilines is 4. The van der Waals surface area contributed by atoms with Gasteiger partial charge in [-0.2, -0.15) is 9.97 Å². The van der Waals surface area contributed by atoms with Gasteiger partial charge in [0.15, 0.2) is 11.6 Å². The van der Waals surface area contributed by atoms with Gasteiger partial charge in [0, 0.05) is 39.3 Å². The molecule has 210 valence electrons. The molecule has 0 atom stereocenters. The highest BCUT2D eigenvalue weighted by atomic mass is 15.3. The summed E-state index contributed by atoms with van der Waals surface area (Å²) < 4.78 is 0. The first kappa shape index (κ1) is 25.5. The topological polar surface area (TPSA) is 45.2 Å². The molecule has 0 N–H and O–H groups in total. The molecule has 0 saturated heterocycles. The molecule has 0 unspecified atom stereocenters. The first-order valence-corrected chi connectivity index (χ1v) is 15.2. The van der Waals surface area contributed by atoms with Crippen LogP contribution in [-0.4, -0.2) is 21.9 Å². The lowest BCUT2D eigenvalue weighted by Crippen LogP contribution is -2.62. The van der Waals surface area contributed by atoms with Gasteiger partial charge in [0.1, 0.15) is 0 Å². The molecule has 2 aliphatic heterocycles. The van der Waals surface area contributed by atoms with Gasteiger partial charge in [-0.25, -0.2) is 4.98 Å². The number of para-hydroxylation sites is 3. The Balaban J connectivity index is 1.37. The maximum Gasteiger partial charge on any atom is 0.424 e. The molecule has 0 spiro atoms. The molecule has 6 heteroatoms. The Morgan fingerprint density at radius 2 is 0.822 bits per heavy atom. The zero-order valence-corrected chi connectivity index (χ0v) is 24.3. The van der Waals surface area contributed by atoms with Crippen LogP contribution in [0.1, 0.15) is 0 Å². The minimum Gasteiger partial charge on any atom is -0.361 e. The molecule has 0 radical (unpaired) electrons. The van der Waals surface area contributed by atoms with Crippen molar-refractivity contribution in [3.63, 3.8) is 0 Å². The van der Waals surface area contributed by atoms with Crippen LogP contribution in [-0.2, 0) is 0 Å². The molecule has 6 aromatic carbocycles. The van der Waals surface area contributed by atoms with E-state index >= 15 is 0 Å². The van der Waals surface area contributed by atoms with Crippen LogP contribution in [0, 0.1) is 0 Å². The van der Waals surface area contributed by atoms with Crippen molar-refractivity contribution in [2.45, 2.75) is 0 Å². The lowest BCUT2D eigenvalue weighted by atomic mass is 9.54. The number of hydrogen-bond donors (Lipinski definition) is 0. The second-order valence-corrected chi connectivity index (χ2v) is 11.3. The van der Waals surface area contributed by atoms with E-state index in [-0.39, 0.29) is 6.98 Å². The van der Waals surface area contributed by atoms with E-state index < -0.39 is 0 Å². The number of nitrogens with zero attached hydrogens (tertiary/aromatic N) is 5.